The van der Waals surface area contributed by atoms with Gasteiger partial charge in [0.2, 0.25) is 0 Å². The predicted molar refractivity (Wildman–Crippen MR) is 91.7 cm³/mol. The van der Waals surface area contributed by atoms with Gasteiger partial charge in [-0.25, -0.2) is 0 Å². The number of aryl methyl sites for hydroxylation is 1. The smallest absolute Gasteiger partial charge is 0.00951 e. The number of benzene rings is 1. The summed E-state index contributed by atoms with van der Waals surface area (Å²) in [5, 5.41) is 0. The summed E-state index contributed by atoms with van der Waals surface area (Å²) < 4.78 is 0. The predicted octanol–water partition coefficient (Wildman–Crippen LogP) is 6.03. The van der Waals surface area contributed by atoms with E-state index in [-0.39, 0.29) is 0 Å². The van der Waals surface area contributed by atoms with Gasteiger partial charge in [-0.1, -0.05) is 73.4 Å². The molecular weight excluding hydrogens is 240 g/mol. The lowest BCUT2D eigenvalue weighted by Gasteiger charge is -2.04. The molecule has 0 aliphatic rings. The average Bonchev–Trinajstić information content (AvgIpc) is 2.46. The Morgan fingerprint density at radius 1 is 1.15 bits per heavy atom. The first-order valence-electron chi connectivity index (χ1n) is 6.96. The van der Waals surface area contributed by atoms with Gasteiger partial charge in [-0.3, -0.25) is 0 Å². The van der Waals surface area contributed by atoms with E-state index >= 15 is 0 Å². The van der Waals surface area contributed by atoms with E-state index in [0.29, 0.717) is 0 Å². The minimum atomic E-state index is 0.924. The fraction of sp³-hybridized carbons (Fsp3) is 0.200. The molecule has 0 unspecified atom stereocenters. The molecule has 0 amide bonds. The van der Waals surface area contributed by atoms with Crippen LogP contribution in [0.5, 0.6) is 0 Å². The molecule has 0 heterocycles. The highest BCUT2D eigenvalue weighted by molar-refractivity contribution is 5.72. The fourth-order valence-electron chi connectivity index (χ4n) is 1.85. The van der Waals surface area contributed by atoms with E-state index in [1.807, 2.05) is 13.0 Å². The first-order valence-corrected chi connectivity index (χ1v) is 6.96. The second-order valence-electron chi connectivity index (χ2n) is 4.91. The summed E-state index contributed by atoms with van der Waals surface area (Å²) >= 11 is 0. The van der Waals surface area contributed by atoms with Crippen molar-refractivity contribution in [3.8, 4) is 0 Å². The lowest BCUT2D eigenvalue weighted by molar-refractivity contribution is 1.23. The number of rotatable bonds is 6. The maximum atomic E-state index is 4.12. The van der Waals surface area contributed by atoms with E-state index in [9.17, 15) is 0 Å². The molecule has 0 saturated heterocycles. The lowest BCUT2D eigenvalue weighted by Crippen LogP contribution is -1.83. The van der Waals surface area contributed by atoms with Gasteiger partial charge in [0.05, 0.1) is 0 Å². The van der Waals surface area contributed by atoms with E-state index in [2.05, 4.69) is 75.6 Å². The zero-order valence-electron chi connectivity index (χ0n) is 12.8. The molecule has 0 radical (unpaired) electrons. The molecule has 20 heavy (non-hydrogen) atoms. The normalized spacial score (nSPS) is 12.8. The average molecular weight is 264 g/mol. The van der Waals surface area contributed by atoms with Crippen LogP contribution < -0.4 is 0 Å². The third-order valence-corrected chi connectivity index (χ3v) is 3.28. The van der Waals surface area contributed by atoms with E-state index in [1.165, 1.54) is 16.7 Å². The Kier molecular flexibility index (Phi) is 6.52. The van der Waals surface area contributed by atoms with Crippen molar-refractivity contribution < 1.29 is 0 Å². The Morgan fingerprint density at radius 2 is 1.80 bits per heavy atom. The Hall–Kier alpha value is -2.08. The van der Waals surface area contributed by atoms with Crippen LogP contribution in [0.2, 0.25) is 0 Å². The van der Waals surface area contributed by atoms with Gasteiger partial charge in [-0.15, -0.1) is 0 Å². The first-order chi connectivity index (χ1) is 9.58. The van der Waals surface area contributed by atoms with Crippen LogP contribution in [0.15, 0.2) is 78.9 Å². The van der Waals surface area contributed by atoms with Crippen LogP contribution in [-0.4, -0.2) is 0 Å². The molecule has 1 rings (SSSR count). The van der Waals surface area contributed by atoms with E-state index in [1.54, 1.807) is 0 Å². The zero-order chi connectivity index (χ0) is 15.0. The monoisotopic (exact) mass is 264 g/mol. The van der Waals surface area contributed by atoms with Crippen LogP contribution in [-0.2, 0) is 0 Å². The molecule has 0 nitrogen and oxygen atoms in total. The Bertz CT molecular complexity index is 548. The van der Waals surface area contributed by atoms with Gasteiger partial charge in [-0.05, 0) is 49.5 Å². The summed E-state index contributed by atoms with van der Waals surface area (Å²) in [6, 6.07) is 8.43. The summed E-state index contributed by atoms with van der Waals surface area (Å²) in [5.74, 6) is 0. The van der Waals surface area contributed by atoms with Crippen LogP contribution in [0.3, 0.4) is 0 Å². The zero-order valence-corrected chi connectivity index (χ0v) is 12.8. The molecule has 1 aromatic carbocycles. The van der Waals surface area contributed by atoms with E-state index in [0.717, 1.165) is 17.6 Å². The Balaban J connectivity index is 2.84. The highest BCUT2D eigenvalue weighted by Gasteiger charge is 1.96. The molecule has 0 saturated carbocycles. The van der Waals surface area contributed by atoms with Gasteiger partial charge in [0.25, 0.3) is 0 Å². The highest BCUT2D eigenvalue weighted by atomic mass is 14.0. The summed E-state index contributed by atoms with van der Waals surface area (Å²) in [7, 11) is 0. The molecular formula is C20H24. The van der Waals surface area contributed by atoms with Crippen molar-refractivity contribution in [2.24, 2.45) is 0 Å². The quantitative estimate of drug-likeness (QED) is 0.434. The number of hydrogen-bond acceptors (Lipinski definition) is 0. The van der Waals surface area contributed by atoms with Crippen LogP contribution in [0, 0.1) is 6.92 Å². The van der Waals surface area contributed by atoms with Crippen LogP contribution in [0.1, 0.15) is 31.4 Å². The van der Waals surface area contributed by atoms with Crippen molar-refractivity contribution in [2.75, 3.05) is 0 Å². The van der Waals surface area contributed by atoms with Crippen molar-refractivity contribution in [1.29, 1.82) is 0 Å². The number of hydrogen-bond donors (Lipinski definition) is 0. The van der Waals surface area contributed by atoms with E-state index in [4.69, 9.17) is 0 Å². The molecule has 0 N–H and O–H groups in total. The standard InChI is InChI=1S/C20H24/c1-6-8-9-19(7-2)17(4)12-13-18(5)20-14-10-16(3)11-15-20/h6-8,10-15H,2,5,9H2,1,3-4H3/b8-6-,13-12-,19-17-. The number of allylic oxidation sites excluding steroid dienone is 8. The molecule has 104 valence electrons. The molecule has 0 aliphatic heterocycles. The third-order valence-electron chi connectivity index (χ3n) is 3.28. The van der Waals surface area contributed by atoms with Crippen molar-refractivity contribution in [3.05, 3.63) is 90.1 Å². The van der Waals surface area contributed by atoms with E-state index < -0.39 is 0 Å². The van der Waals surface area contributed by atoms with Gasteiger partial charge in [0.15, 0.2) is 0 Å². The van der Waals surface area contributed by atoms with Crippen molar-refractivity contribution in [2.45, 2.75) is 27.2 Å². The van der Waals surface area contributed by atoms with Gasteiger partial charge in [0.1, 0.15) is 0 Å². The second-order valence-corrected chi connectivity index (χ2v) is 4.91. The minimum absolute atomic E-state index is 0.924. The molecule has 0 fully saturated rings. The molecule has 0 aliphatic carbocycles. The second kappa shape index (κ2) is 8.16. The molecule has 0 heteroatoms. The Labute approximate surface area is 123 Å². The van der Waals surface area contributed by atoms with Crippen molar-refractivity contribution >= 4 is 5.57 Å². The molecule has 0 bridgehead atoms. The van der Waals surface area contributed by atoms with Crippen LogP contribution >= 0.6 is 0 Å². The highest BCUT2D eigenvalue weighted by Crippen LogP contribution is 2.17. The van der Waals surface area contributed by atoms with Crippen LogP contribution in [0.4, 0.5) is 0 Å². The summed E-state index contributed by atoms with van der Waals surface area (Å²) in [5.41, 5.74) is 5.93. The molecule has 0 atom stereocenters. The van der Waals surface area contributed by atoms with Crippen molar-refractivity contribution in [1.82, 2.24) is 0 Å². The minimum Gasteiger partial charge on any atom is -0.0988 e. The summed E-state index contributed by atoms with van der Waals surface area (Å²) in [6.07, 6.45) is 11.2. The van der Waals surface area contributed by atoms with Gasteiger partial charge in [-0.2, -0.15) is 0 Å². The SMILES string of the molecule is C=C/C(C/C=C\C)=C(C)/C=C\C(=C)c1ccc(C)cc1. The molecule has 0 aromatic heterocycles. The van der Waals surface area contributed by atoms with Crippen molar-refractivity contribution in [3.63, 3.8) is 0 Å². The summed E-state index contributed by atoms with van der Waals surface area (Å²) in [6.45, 7) is 14.2. The first kappa shape index (κ1) is 16.0. The largest absolute Gasteiger partial charge is 0.0988 e. The lowest BCUT2D eigenvalue weighted by atomic mass is 10.0. The molecule has 0 spiro atoms. The maximum Gasteiger partial charge on any atom is -0.00951 e. The Morgan fingerprint density at radius 3 is 2.35 bits per heavy atom. The van der Waals surface area contributed by atoms with Gasteiger partial charge in [0, 0.05) is 0 Å². The fourth-order valence-corrected chi connectivity index (χ4v) is 1.85. The summed E-state index contributed by atoms with van der Waals surface area (Å²) in [4.78, 5) is 0. The molecule has 1 aromatic rings. The maximum absolute atomic E-state index is 4.12. The van der Waals surface area contributed by atoms with Gasteiger partial charge >= 0.3 is 0 Å². The topological polar surface area (TPSA) is 0 Å². The van der Waals surface area contributed by atoms with Gasteiger partial charge < -0.3 is 0 Å². The van der Waals surface area contributed by atoms with Crippen LogP contribution in [0.25, 0.3) is 5.57 Å². The third kappa shape index (κ3) is 4.89.